The van der Waals surface area contributed by atoms with Crippen molar-refractivity contribution in [1.82, 2.24) is 7.06 Å². The third-order valence-electron chi connectivity index (χ3n) is 6.33. The molecular weight excluding hydrogens is 498 g/mol. The predicted octanol–water partition coefficient (Wildman–Crippen LogP) is 1.72. The Balaban J connectivity index is 1.29. The molecule has 5 nitrogen and oxygen atoms in total. The Morgan fingerprint density at radius 1 is 1.29 bits per heavy atom. The van der Waals surface area contributed by atoms with E-state index in [1.165, 1.54) is 6.42 Å². The Labute approximate surface area is 145 Å². The molecule has 3 saturated carbocycles. The van der Waals surface area contributed by atoms with Crippen molar-refractivity contribution < 1.29 is 14.6 Å². The number of alkyl halides is 2. The average molecular weight is 518 g/mol. The molecule has 0 aromatic carbocycles. The van der Waals surface area contributed by atoms with Gasteiger partial charge in [-0.2, -0.15) is 0 Å². The number of hydrogen-bond donors (Lipinski definition) is 3. The zero-order chi connectivity index (χ0) is 14.6. The molecule has 5 rings (SSSR count). The van der Waals surface area contributed by atoms with E-state index in [4.69, 9.17) is 4.74 Å². The maximum atomic E-state index is 12.6. The maximum absolute atomic E-state index is 12.6. The minimum absolute atomic E-state index is 0.0434. The molecule has 118 valence electrons. The SMILES string of the molecule is CC(I)(C(=O)OC1CC2CC1C1CC(O)CC21)C12NI1N2. The van der Waals surface area contributed by atoms with Gasteiger partial charge < -0.3 is 0 Å². The number of ether oxygens (including phenoxy) is 1. The van der Waals surface area contributed by atoms with Gasteiger partial charge in [0.25, 0.3) is 0 Å². The number of carbonyl (C=O) groups is 1. The van der Waals surface area contributed by atoms with E-state index in [-0.39, 0.29) is 21.8 Å². The average Bonchev–Trinajstić information content (AvgIpc) is 3.11. The van der Waals surface area contributed by atoms with Gasteiger partial charge in [-0.3, -0.25) is 0 Å². The van der Waals surface area contributed by atoms with Crippen LogP contribution in [0.4, 0.5) is 0 Å². The fourth-order valence-electron chi connectivity index (χ4n) is 5.08. The Morgan fingerprint density at radius 3 is 2.62 bits per heavy atom. The minimum atomic E-state index is -1.13. The van der Waals surface area contributed by atoms with Crippen molar-refractivity contribution in [3.63, 3.8) is 0 Å². The Bertz CT molecular complexity index is 522. The number of carbonyl (C=O) groups excluding carboxylic acids is 1. The number of halogens is 2. The van der Waals surface area contributed by atoms with Gasteiger partial charge in [0, 0.05) is 0 Å². The van der Waals surface area contributed by atoms with E-state index in [0.717, 1.165) is 19.3 Å². The van der Waals surface area contributed by atoms with E-state index < -0.39 is 23.8 Å². The van der Waals surface area contributed by atoms with Crippen LogP contribution in [0.15, 0.2) is 0 Å². The summed E-state index contributed by atoms with van der Waals surface area (Å²) in [5.41, 5.74) is 0. The molecule has 7 atom stereocenters. The summed E-state index contributed by atoms with van der Waals surface area (Å²) in [6, 6.07) is 0. The van der Waals surface area contributed by atoms with Gasteiger partial charge >= 0.3 is 146 Å². The summed E-state index contributed by atoms with van der Waals surface area (Å²) < 4.78 is 12.3. The van der Waals surface area contributed by atoms with Crippen molar-refractivity contribution in [2.24, 2.45) is 23.7 Å². The quantitative estimate of drug-likeness (QED) is 0.132. The fourth-order valence-corrected chi connectivity index (χ4v) is 12.8. The number of esters is 1. The van der Waals surface area contributed by atoms with E-state index in [1.54, 1.807) is 0 Å². The first-order valence-corrected chi connectivity index (χ1v) is 12.1. The standard InChI is InChI=1S/C14H20I2N2O3/c1-13(15,14-16(17-14)18-14)12(20)21-11-3-6-2-10(11)9-5-7(19)4-8(6)9/h6-11,17-19H,2-5H2,1H3. The van der Waals surface area contributed by atoms with Crippen LogP contribution in [-0.4, -0.2) is 30.4 Å². The Morgan fingerprint density at radius 2 is 1.95 bits per heavy atom. The van der Waals surface area contributed by atoms with Crippen molar-refractivity contribution in [1.29, 1.82) is 0 Å². The molecule has 0 spiro atoms. The molecule has 0 aromatic heterocycles. The summed E-state index contributed by atoms with van der Waals surface area (Å²) in [5, 5.41) is 9.90. The van der Waals surface area contributed by atoms with Gasteiger partial charge in [-0.25, -0.2) is 0 Å². The third-order valence-corrected chi connectivity index (χ3v) is 13.5. The fraction of sp³-hybridized carbons (Fsp3) is 0.929. The third kappa shape index (κ3) is 1.81. The van der Waals surface area contributed by atoms with E-state index in [2.05, 4.69) is 29.7 Å². The molecular formula is C14H20I2N2O3. The first-order valence-electron chi connectivity index (χ1n) is 7.76. The number of rotatable bonds is 3. The number of aliphatic hydroxyl groups excluding tert-OH is 1. The van der Waals surface area contributed by atoms with Gasteiger partial charge in [0.2, 0.25) is 0 Å². The summed E-state index contributed by atoms with van der Waals surface area (Å²) in [4.78, 5) is 12.6. The number of aliphatic hydroxyl groups is 1. The van der Waals surface area contributed by atoms with Crippen molar-refractivity contribution in [3.05, 3.63) is 0 Å². The van der Waals surface area contributed by atoms with E-state index in [0.29, 0.717) is 23.7 Å². The van der Waals surface area contributed by atoms with Crippen molar-refractivity contribution in [2.75, 3.05) is 0 Å². The summed E-state index contributed by atoms with van der Waals surface area (Å²) in [5.74, 6) is 2.41. The van der Waals surface area contributed by atoms with E-state index in [9.17, 15) is 9.90 Å². The second-order valence-electron chi connectivity index (χ2n) is 7.43. The molecule has 7 heteroatoms. The van der Waals surface area contributed by atoms with E-state index >= 15 is 0 Å². The van der Waals surface area contributed by atoms with Crippen molar-refractivity contribution >= 4 is 48.9 Å². The summed E-state index contributed by atoms with van der Waals surface area (Å²) in [6.07, 6.45) is 4.10. The van der Waals surface area contributed by atoms with Crippen LogP contribution >= 0.6 is 43.0 Å². The second-order valence-corrected chi connectivity index (χ2v) is 13.9. The van der Waals surface area contributed by atoms with Crippen LogP contribution in [0.5, 0.6) is 0 Å². The Hall–Kier alpha value is 0.810. The van der Waals surface area contributed by atoms with Crippen LogP contribution < -0.4 is 7.06 Å². The summed E-state index contributed by atoms with van der Waals surface area (Å²) in [7, 11) is 0. The molecule has 21 heavy (non-hydrogen) atoms. The number of nitrogens with one attached hydrogen (secondary N) is 2. The molecule has 5 fully saturated rings. The van der Waals surface area contributed by atoms with Gasteiger partial charge in [0.05, 0.1) is 0 Å². The molecule has 2 saturated heterocycles. The molecule has 2 aliphatic heterocycles. The second kappa shape index (κ2) is 4.25. The predicted molar refractivity (Wildman–Crippen MR) is 93.8 cm³/mol. The van der Waals surface area contributed by atoms with Crippen LogP contribution in [0.1, 0.15) is 32.6 Å². The van der Waals surface area contributed by atoms with Crippen LogP contribution in [0.2, 0.25) is 0 Å². The number of hydrogen-bond acceptors (Lipinski definition) is 5. The molecule has 3 N–H and O–H groups in total. The molecule has 0 aromatic rings. The first kappa shape index (κ1) is 14.2. The molecule has 2 heterocycles. The van der Waals surface area contributed by atoms with Crippen LogP contribution in [-0.2, 0) is 9.53 Å². The van der Waals surface area contributed by atoms with Crippen LogP contribution in [0, 0.1) is 23.7 Å². The zero-order valence-electron chi connectivity index (χ0n) is 11.8. The van der Waals surface area contributed by atoms with E-state index in [1.807, 2.05) is 6.92 Å². The number of fused-ring (bicyclic) bond motifs is 6. The molecule has 0 radical (unpaired) electrons. The van der Waals surface area contributed by atoms with Crippen LogP contribution in [0.3, 0.4) is 0 Å². The van der Waals surface area contributed by atoms with Gasteiger partial charge in [-0.1, -0.05) is 0 Å². The summed E-state index contributed by atoms with van der Waals surface area (Å²) in [6.45, 7) is 2.00. The van der Waals surface area contributed by atoms with Crippen molar-refractivity contribution in [2.45, 2.75) is 51.9 Å². The molecule has 0 amide bonds. The topological polar surface area (TPSA) is 90.4 Å². The monoisotopic (exact) mass is 518 g/mol. The van der Waals surface area contributed by atoms with Gasteiger partial charge in [0.15, 0.2) is 0 Å². The molecule has 5 aliphatic rings. The molecule has 7 unspecified atom stereocenters. The summed E-state index contributed by atoms with van der Waals surface area (Å²) >= 11 is 1.13. The Kier molecular flexibility index (Phi) is 2.87. The zero-order valence-corrected chi connectivity index (χ0v) is 16.1. The van der Waals surface area contributed by atoms with Gasteiger partial charge in [-0.05, 0) is 0 Å². The first-order chi connectivity index (χ1) is 9.92. The van der Waals surface area contributed by atoms with Gasteiger partial charge in [-0.15, -0.1) is 0 Å². The molecule has 2 bridgehead atoms. The van der Waals surface area contributed by atoms with Gasteiger partial charge in [0.1, 0.15) is 0 Å². The molecule has 3 aliphatic carbocycles. The normalized spacial score (nSPS) is 52.0. The van der Waals surface area contributed by atoms with Crippen molar-refractivity contribution in [3.8, 4) is 0 Å². The van der Waals surface area contributed by atoms with Crippen LogP contribution in [0.25, 0.3) is 0 Å².